The van der Waals surface area contributed by atoms with Crippen molar-refractivity contribution in [3.63, 3.8) is 0 Å². The molecule has 0 bridgehead atoms. The standard InChI is InChI=1S/C18H28O2/c1-12(2)18(19)20-17-11-13-7-3-4-8-14(13)15-9-5-6-10-16(15)17/h13-17H,1,3-11H2,2H3/t13?,14?,15?,16?,17-/m1/s1. The van der Waals surface area contributed by atoms with Gasteiger partial charge in [0.05, 0.1) is 0 Å². The molecule has 0 saturated heterocycles. The van der Waals surface area contributed by atoms with Gasteiger partial charge in [-0.2, -0.15) is 0 Å². The summed E-state index contributed by atoms with van der Waals surface area (Å²) in [7, 11) is 0. The molecule has 3 aliphatic carbocycles. The monoisotopic (exact) mass is 276 g/mol. The summed E-state index contributed by atoms with van der Waals surface area (Å²) < 4.78 is 5.83. The van der Waals surface area contributed by atoms with Crippen LogP contribution in [0.25, 0.3) is 0 Å². The molecule has 20 heavy (non-hydrogen) atoms. The van der Waals surface area contributed by atoms with Gasteiger partial charge in [0, 0.05) is 5.57 Å². The van der Waals surface area contributed by atoms with Crippen LogP contribution in [0.3, 0.4) is 0 Å². The average Bonchev–Trinajstić information content (AvgIpc) is 2.47. The molecule has 0 aromatic heterocycles. The molecule has 0 N–H and O–H groups in total. The number of ether oxygens (including phenoxy) is 1. The Balaban J connectivity index is 1.75. The lowest BCUT2D eigenvalue weighted by Gasteiger charge is -2.51. The highest BCUT2D eigenvalue weighted by atomic mass is 16.5. The van der Waals surface area contributed by atoms with E-state index in [-0.39, 0.29) is 12.1 Å². The van der Waals surface area contributed by atoms with Gasteiger partial charge in [-0.15, -0.1) is 0 Å². The third-order valence-corrected chi connectivity index (χ3v) is 6.01. The van der Waals surface area contributed by atoms with Crippen LogP contribution in [0.1, 0.15) is 64.7 Å². The molecular formula is C18H28O2. The molecule has 3 aliphatic rings. The van der Waals surface area contributed by atoms with E-state index in [1.165, 1.54) is 51.4 Å². The van der Waals surface area contributed by atoms with E-state index in [1.807, 2.05) is 0 Å². The van der Waals surface area contributed by atoms with Crippen LogP contribution in [-0.4, -0.2) is 12.1 Å². The summed E-state index contributed by atoms with van der Waals surface area (Å²) in [6, 6.07) is 0. The lowest BCUT2D eigenvalue weighted by atomic mass is 9.57. The molecule has 2 heteroatoms. The Hall–Kier alpha value is -0.790. The van der Waals surface area contributed by atoms with E-state index in [0.717, 1.165) is 24.2 Å². The maximum absolute atomic E-state index is 11.9. The first kappa shape index (κ1) is 14.2. The van der Waals surface area contributed by atoms with Gasteiger partial charge < -0.3 is 4.74 Å². The highest BCUT2D eigenvalue weighted by molar-refractivity contribution is 5.87. The maximum atomic E-state index is 11.9. The fourth-order valence-corrected chi connectivity index (χ4v) is 5.12. The van der Waals surface area contributed by atoms with Crippen LogP contribution in [-0.2, 0) is 9.53 Å². The summed E-state index contributed by atoms with van der Waals surface area (Å²) >= 11 is 0. The van der Waals surface area contributed by atoms with Gasteiger partial charge >= 0.3 is 5.97 Å². The van der Waals surface area contributed by atoms with Crippen LogP contribution in [0.15, 0.2) is 12.2 Å². The second-order valence-corrected chi connectivity index (χ2v) is 7.28. The first-order valence-corrected chi connectivity index (χ1v) is 8.53. The van der Waals surface area contributed by atoms with Crippen molar-refractivity contribution in [1.82, 2.24) is 0 Å². The van der Waals surface area contributed by atoms with Crippen LogP contribution in [0.2, 0.25) is 0 Å². The number of hydrogen-bond donors (Lipinski definition) is 0. The van der Waals surface area contributed by atoms with Crippen LogP contribution in [0.4, 0.5) is 0 Å². The van der Waals surface area contributed by atoms with E-state index >= 15 is 0 Å². The molecule has 5 atom stereocenters. The Morgan fingerprint density at radius 3 is 2.25 bits per heavy atom. The predicted octanol–water partition coefficient (Wildman–Crippen LogP) is 4.49. The van der Waals surface area contributed by atoms with Gasteiger partial charge in [-0.25, -0.2) is 4.79 Å². The van der Waals surface area contributed by atoms with Crippen molar-refractivity contribution >= 4 is 5.97 Å². The van der Waals surface area contributed by atoms with Gasteiger partial charge in [-0.05, 0) is 56.3 Å². The molecular weight excluding hydrogens is 248 g/mol. The molecule has 4 unspecified atom stereocenters. The third kappa shape index (κ3) is 2.66. The van der Waals surface area contributed by atoms with E-state index in [4.69, 9.17) is 4.74 Å². The van der Waals surface area contributed by atoms with Crippen molar-refractivity contribution < 1.29 is 9.53 Å². The van der Waals surface area contributed by atoms with Gasteiger partial charge in [-0.3, -0.25) is 0 Å². The average molecular weight is 276 g/mol. The maximum Gasteiger partial charge on any atom is 0.333 e. The van der Waals surface area contributed by atoms with Gasteiger partial charge in [0.1, 0.15) is 6.10 Å². The molecule has 0 radical (unpaired) electrons. The van der Waals surface area contributed by atoms with E-state index in [9.17, 15) is 4.79 Å². The quantitative estimate of drug-likeness (QED) is 0.548. The lowest BCUT2D eigenvalue weighted by Crippen LogP contribution is -2.47. The predicted molar refractivity (Wildman–Crippen MR) is 80.2 cm³/mol. The van der Waals surface area contributed by atoms with Gasteiger partial charge in [0.15, 0.2) is 0 Å². The third-order valence-electron chi connectivity index (χ3n) is 6.01. The van der Waals surface area contributed by atoms with Crippen molar-refractivity contribution in [3.8, 4) is 0 Å². The minimum atomic E-state index is -0.173. The second-order valence-electron chi connectivity index (χ2n) is 7.28. The van der Waals surface area contributed by atoms with Crippen LogP contribution < -0.4 is 0 Å². The van der Waals surface area contributed by atoms with Crippen molar-refractivity contribution in [2.24, 2.45) is 23.7 Å². The van der Waals surface area contributed by atoms with Crippen molar-refractivity contribution in [2.75, 3.05) is 0 Å². The van der Waals surface area contributed by atoms with Crippen molar-refractivity contribution in [2.45, 2.75) is 70.8 Å². The van der Waals surface area contributed by atoms with E-state index in [2.05, 4.69) is 6.58 Å². The Morgan fingerprint density at radius 1 is 0.950 bits per heavy atom. The van der Waals surface area contributed by atoms with Gasteiger partial charge in [0.2, 0.25) is 0 Å². The minimum absolute atomic E-state index is 0.170. The molecule has 0 aromatic rings. The Kier molecular flexibility index (Phi) is 4.18. The van der Waals surface area contributed by atoms with Crippen molar-refractivity contribution in [1.29, 1.82) is 0 Å². The fourth-order valence-electron chi connectivity index (χ4n) is 5.12. The zero-order valence-corrected chi connectivity index (χ0v) is 12.8. The minimum Gasteiger partial charge on any atom is -0.459 e. The molecule has 0 aromatic carbocycles. The summed E-state index contributed by atoms with van der Waals surface area (Å²) in [5, 5.41) is 0. The topological polar surface area (TPSA) is 26.3 Å². The second kappa shape index (κ2) is 5.91. The summed E-state index contributed by atoms with van der Waals surface area (Å²) in [5.41, 5.74) is 0.545. The number of esters is 1. The number of carbonyl (C=O) groups is 1. The Morgan fingerprint density at radius 2 is 1.55 bits per heavy atom. The molecule has 3 rings (SSSR count). The van der Waals surface area contributed by atoms with Gasteiger partial charge in [-0.1, -0.05) is 38.7 Å². The van der Waals surface area contributed by atoms with Crippen LogP contribution >= 0.6 is 0 Å². The smallest absolute Gasteiger partial charge is 0.333 e. The van der Waals surface area contributed by atoms with E-state index in [1.54, 1.807) is 6.92 Å². The molecule has 3 fully saturated rings. The lowest BCUT2D eigenvalue weighted by molar-refractivity contribution is -0.157. The molecule has 0 amide bonds. The van der Waals surface area contributed by atoms with Crippen molar-refractivity contribution in [3.05, 3.63) is 12.2 Å². The summed E-state index contributed by atoms with van der Waals surface area (Å²) in [6.45, 7) is 5.49. The summed E-state index contributed by atoms with van der Waals surface area (Å²) in [4.78, 5) is 11.9. The first-order valence-electron chi connectivity index (χ1n) is 8.53. The number of hydrogen-bond acceptors (Lipinski definition) is 2. The highest BCUT2D eigenvalue weighted by Crippen LogP contribution is 2.52. The zero-order chi connectivity index (χ0) is 14.1. The van der Waals surface area contributed by atoms with Gasteiger partial charge in [0.25, 0.3) is 0 Å². The van der Waals surface area contributed by atoms with E-state index in [0.29, 0.717) is 11.5 Å². The van der Waals surface area contributed by atoms with Crippen LogP contribution in [0, 0.1) is 23.7 Å². The summed E-state index contributed by atoms with van der Waals surface area (Å²) in [6.07, 6.45) is 12.2. The largest absolute Gasteiger partial charge is 0.459 e. The molecule has 3 saturated carbocycles. The fraction of sp³-hybridized carbons (Fsp3) is 0.833. The molecule has 112 valence electrons. The molecule has 0 heterocycles. The normalized spacial score (nSPS) is 40.4. The molecule has 0 spiro atoms. The van der Waals surface area contributed by atoms with Crippen LogP contribution in [0.5, 0.6) is 0 Å². The highest BCUT2D eigenvalue weighted by Gasteiger charge is 2.47. The summed E-state index contributed by atoms with van der Waals surface area (Å²) in [5.74, 6) is 3.02. The SMILES string of the molecule is C=C(C)C(=O)O[C@@H]1CC2CCCCC2C2CCCCC21. The number of fused-ring (bicyclic) bond motifs is 3. The molecule has 0 aliphatic heterocycles. The van der Waals surface area contributed by atoms with E-state index < -0.39 is 0 Å². The first-order chi connectivity index (χ1) is 9.66. The Labute approximate surface area is 123 Å². The number of rotatable bonds is 2. The number of carbonyl (C=O) groups excluding carboxylic acids is 1. The zero-order valence-electron chi connectivity index (χ0n) is 12.8. The molecule has 2 nitrogen and oxygen atoms in total. The Bertz CT molecular complexity index is 387.